The zero-order chi connectivity index (χ0) is 33.3. The number of rotatable bonds is 7. The van der Waals surface area contributed by atoms with Crippen molar-refractivity contribution in [2.24, 2.45) is 11.8 Å². The van der Waals surface area contributed by atoms with Crippen molar-refractivity contribution >= 4 is 43.5 Å². The van der Waals surface area contributed by atoms with Crippen LogP contribution < -0.4 is 0 Å². The predicted octanol–water partition coefficient (Wildman–Crippen LogP) is 13.1. The smallest absolute Gasteiger partial charge is 0.0273 e. The van der Waals surface area contributed by atoms with Crippen molar-refractivity contribution in [1.82, 2.24) is 4.98 Å². The largest absolute Gasteiger partial charge is 0.265 e. The monoisotopic (exact) mass is 631 g/mol. The van der Waals surface area contributed by atoms with Crippen molar-refractivity contribution in [2.75, 3.05) is 0 Å². The van der Waals surface area contributed by atoms with Crippen LogP contribution in [0.15, 0.2) is 170 Å². The third kappa shape index (κ3) is 5.50. The van der Waals surface area contributed by atoms with Crippen molar-refractivity contribution in [1.29, 1.82) is 0 Å². The van der Waals surface area contributed by atoms with Gasteiger partial charge in [-0.2, -0.15) is 0 Å². The summed E-state index contributed by atoms with van der Waals surface area (Å²) in [5, 5.41) is 7.74. The molecule has 3 unspecified atom stereocenters. The zero-order valence-electron chi connectivity index (χ0n) is 28.5. The van der Waals surface area contributed by atoms with E-state index in [4.69, 9.17) is 0 Å². The number of fused-ring (bicyclic) bond motifs is 4. The standard InChI is InChI=1S/C48H41N/c1-4-6-13-38(34-26-28-49-29-27-34)32(3)39-18-11-20-41-40(39)19-12-21-42(41)48-45-16-9-7-14-43(45)47(44-15-8-10-17-46(44)48)37-25-24-35-30-33(5-2)22-23-36(35)31-37/h4,6-32,35-36H,5H2,1-3H3/b6-4-,38-13+. The van der Waals surface area contributed by atoms with Gasteiger partial charge >= 0.3 is 0 Å². The number of allylic oxidation sites excluding steroid dienone is 12. The molecule has 5 aromatic carbocycles. The Labute approximate surface area is 290 Å². The van der Waals surface area contributed by atoms with Crippen LogP contribution in [-0.4, -0.2) is 4.98 Å². The highest BCUT2D eigenvalue weighted by molar-refractivity contribution is 6.22. The maximum atomic E-state index is 4.29. The molecule has 0 bridgehead atoms. The van der Waals surface area contributed by atoms with Crippen LogP contribution in [0.1, 0.15) is 49.8 Å². The van der Waals surface area contributed by atoms with E-state index in [-0.39, 0.29) is 5.92 Å². The SMILES string of the molecule is C/C=C\C=C(\c1ccncc1)C(C)c1cccc2c(-c3c4ccccc4c(C4=CC5C=CC(CC)=CC5C=C4)c4ccccc34)cccc12. The second kappa shape index (κ2) is 13.2. The molecule has 3 atom stereocenters. The minimum Gasteiger partial charge on any atom is -0.265 e. The summed E-state index contributed by atoms with van der Waals surface area (Å²) in [6.45, 7) is 6.64. The molecule has 0 aliphatic heterocycles. The topological polar surface area (TPSA) is 12.9 Å². The number of hydrogen-bond acceptors (Lipinski definition) is 1. The Morgan fingerprint density at radius 3 is 1.98 bits per heavy atom. The lowest BCUT2D eigenvalue weighted by molar-refractivity contribution is 0.654. The van der Waals surface area contributed by atoms with Gasteiger partial charge in [-0.15, -0.1) is 0 Å². The van der Waals surface area contributed by atoms with Crippen LogP contribution in [0.25, 0.3) is 54.6 Å². The normalized spacial score (nSPS) is 18.2. The summed E-state index contributed by atoms with van der Waals surface area (Å²) in [6, 6.07) is 36.0. The van der Waals surface area contributed by atoms with Crippen LogP contribution in [0.4, 0.5) is 0 Å². The highest BCUT2D eigenvalue weighted by Crippen LogP contribution is 2.46. The van der Waals surface area contributed by atoms with Crippen LogP contribution >= 0.6 is 0 Å². The van der Waals surface area contributed by atoms with Gasteiger partial charge in [0, 0.05) is 30.1 Å². The molecule has 49 heavy (non-hydrogen) atoms. The predicted molar refractivity (Wildman–Crippen MR) is 211 cm³/mol. The summed E-state index contributed by atoms with van der Waals surface area (Å²) in [5.74, 6) is 0.990. The van der Waals surface area contributed by atoms with Gasteiger partial charge in [0.05, 0.1) is 0 Å². The molecule has 1 heterocycles. The van der Waals surface area contributed by atoms with E-state index < -0.39 is 0 Å². The molecule has 1 heteroatoms. The van der Waals surface area contributed by atoms with Crippen molar-refractivity contribution in [3.63, 3.8) is 0 Å². The average Bonchev–Trinajstić information content (AvgIpc) is 3.16. The quantitative estimate of drug-likeness (QED) is 0.126. The Bertz CT molecular complexity index is 2340. The molecule has 0 spiro atoms. The number of benzene rings is 5. The van der Waals surface area contributed by atoms with Gasteiger partial charge in [-0.1, -0.05) is 159 Å². The van der Waals surface area contributed by atoms with Gasteiger partial charge in [-0.25, -0.2) is 0 Å². The molecule has 238 valence electrons. The van der Waals surface area contributed by atoms with E-state index in [0.29, 0.717) is 11.8 Å². The minimum absolute atomic E-state index is 0.180. The first-order chi connectivity index (χ1) is 24.2. The van der Waals surface area contributed by atoms with Crippen LogP contribution in [0.3, 0.4) is 0 Å². The van der Waals surface area contributed by atoms with Crippen molar-refractivity contribution in [2.45, 2.75) is 33.1 Å². The number of nitrogens with zero attached hydrogens (tertiary/aromatic N) is 1. The molecule has 8 rings (SSSR count). The summed E-state index contributed by atoms with van der Waals surface area (Å²) < 4.78 is 0. The second-order valence-corrected chi connectivity index (χ2v) is 13.3. The first-order valence-electron chi connectivity index (χ1n) is 17.6. The van der Waals surface area contributed by atoms with Crippen LogP contribution in [0.5, 0.6) is 0 Å². The molecular weight excluding hydrogens is 591 g/mol. The highest BCUT2D eigenvalue weighted by atomic mass is 14.6. The number of pyridine rings is 1. The molecule has 0 radical (unpaired) electrons. The molecule has 0 saturated heterocycles. The van der Waals surface area contributed by atoms with Crippen molar-refractivity contribution in [3.05, 3.63) is 186 Å². The molecule has 0 saturated carbocycles. The summed E-state index contributed by atoms with van der Waals surface area (Å²) >= 11 is 0. The Hall–Kier alpha value is -5.53. The molecule has 1 aromatic heterocycles. The molecule has 0 amide bonds. The molecule has 2 aliphatic rings. The van der Waals surface area contributed by atoms with Gasteiger partial charge in [-0.05, 0) is 96.8 Å². The lowest BCUT2D eigenvalue weighted by Gasteiger charge is -2.27. The summed E-state index contributed by atoms with van der Waals surface area (Å²) in [4.78, 5) is 4.29. The lowest BCUT2D eigenvalue weighted by Crippen LogP contribution is -2.13. The third-order valence-electron chi connectivity index (χ3n) is 10.5. The number of aromatic nitrogens is 1. The van der Waals surface area contributed by atoms with Gasteiger partial charge < -0.3 is 0 Å². The molecule has 0 N–H and O–H groups in total. The number of hydrogen-bond donors (Lipinski definition) is 0. The van der Waals surface area contributed by atoms with Gasteiger partial charge in [0.2, 0.25) is 0 Å². The lowest BCUT2D eigenvalue weighted by atomic mass is 9.77. The van der Waals surface area contributed by atoms with Crippen LogP contribution in [-0.2, 0) is 0 Å². The summed E-state index contributed by atoms with van der Waals surface area (Å²) in [7, 11) is 0. The van der Waals surface area contributed by atoms with E-state index in [1.807, 2.05) is 12.4 Å². The second-order valence-electron chi connectivity index (χ2n) is 13.3. The Morgan fingerprint density at radius 1 is 0.673 bits per heavy atom. The van der Waals surface area contributed by atoms with E-state index in [0.717, 1.165) is 6.42 Å². The summed E-state index contributed by atoms with van der Waals surface area (Å²) in [5.41, 5.74) is 10.4. The van der Waals surface area contributed by atoms with Crippen molar-refractivity contribution < 1.29 is 0 Å². The molecule has 6 aromatic rings. The van der Waals surface area contributed by atoms with E-state index in [2.05, 4.69) is 178 Å². The Kier molecular flexibility index (Phi) is 8.27. The first kappa shape index (κ1) is 30.8. The molecule has 2 aliphatic carbocycles. The van der Waals surface area contributed by atoms with Crippen molar-refractivity contribution in [3.8, 4) is 11.1 Å². The van der Waals surface area contributed by atoms with E-state index in [1.165, 1.54) is 76.9 Å². The molecule has 1 nitrogen and oxygen atoms in total. The highest BCUT2D eigenvalue weighted by Gasteiger charge is 2.24. The fourth-order valence-electron chi connectivity index (χ4n) is 8.07. The fourth-order valence-corrected chi connectivity index (χ4v) is 8.07. The first-order valence-corrected chi connectivity index (χ1v) is 17.6. The van der Waals surface area contributed by atoms with Gasteiger partial charge in [0.1, 0.15) is 0 Å². The van der Waals surface area contributed by atoms with E-state index in [9.17, 15) is 0 Å². The van der Waals surface area contributed by atoms with Gasteiger partial charge in [0.15, 0.2) is 0 Å². The van der Waals surface area contributed by atoms with Gasteiger partial charge in [-0.3, -0.25) is 4.98 Å². The Balaban J connectivity index is 1.33. The Morgan fingerprint density at radius 2 is 1.29 bits per heavy atom. The van der Waals surface area contributed by atoms with E-state index >= 15 is 0 Å². The van der Waals surface area contributed by atoms with Crippen LogP contribution in [0, 0.1) is 11.8 Å². The molecular formula is C48H41N. The maximum Gasteiger partial charge on any atom is 0.0273 e. The summed E-state index contributed by atoms with van der Waals surface area (Å²) in [6.07, 6.45) is 25.8. The molecule has 0 fully saturated rings. The van der Waals surface area contributed by atoms with E-state index in [1.54, 1.807) is 0 Å². The van der Waals surface area contributed by atoms with Gasteiger partial charge in [0.25, 0.3) is 0 Å². The van der Waals surface area contributed by atoms with Crippen LogP contribution in [0.2, 0.25) is 0 Å². The fraction of sp³-hybridized carbons (Fsp3) is 0.146. The third-order valence-corrected chi connectivity index (χ3v) is 10.5. The average molecular weight is 632 g/mol. The maximum absolute atomic E-state index is 4.29. The zero-order valence-corrected chi connectivity index (χ0v) is 28.5. The minimum atomic E-state index is 0.180.